The lowest BCUT2D eigenvalue weighted by molar-refractivity contribution is 1.30. The number of hydrogen-bond acceptors (Lipinski definition) is 4. The normalized spacial score (nSPS) is 11.5. The van der Waals surface area contributed by atoms with E-state index in [1.165, 1.54) is 54.6 Å². The highest BCUT2D eigenvalue weighted by Gasteiger charge is 2.19. The van der Waals surface area contributed by atoms with Gasteiger partial charge in [0.15, 0.2) is 5.82 Å². The minimum atomic E-state index is 0.741. The molecule has 0 radical (unpaired) electrons. The van der Waals surface area contributed by atoms with E-state index in [1.807, 2.05) is 0 Å². The van der Waals surface area contributed by atoms with E-state index in [-0.39, 0.29) is 0 Å². The highest BCUT2D eigenvalue weighted by atomic mass is 32.1. The summed E-state index contributed by atoms with van der Waals surface area (Å²) in [4.78, 5) is 7.44. The fraction of sp³-hybridized carbons (Fsp3) is 0. The third-order valence-corrected chi connectivity index (χ3v) is 9.57. The summed E-state index contributed by atoms with van der Waals surface area (Å²) in [6.45, 7) is 0. The van der Waals surface area contributed by atoms with Gasteiger partial charge in [0.25, 0.3) is 0 Å². The number of hydrogen-bond donors (Lipinski definition) is 0. The van der Waals surface area contributed by atoms with Gasteiger partial charge < -0.3 is 4.90 Å². The lowest BCUT2D eigenvalue weighted by atomic mass is 9.97. The van der Waals surface area contributed by atoms with E-state index in [4.69, 9.17) is 9.36 Å². The van der Waals surface area contributed by atoms with E-state index in [2.05, 4.69) is 169 Å². The summed E-state index contributed by atoms with van der Waals surface area (Å²) >= 11 is 1.46. The van der Waals surface area contributed by atoms with Crippen molar-refractivity contribution in [3.05, 3.63) is 164 Å². The molecule has 0 atom stereocenters. The van der Waals surface area contributed by atoms with Gasteiger partial charge in [0.1, 0.15) is 5.01 Å². The van der Waals surface area contributed by atoms with E-state index < -0.39 is 0 Å². The standard InChI is InChI=1S/C42H27N3S/c1-5-17-34-28(11-1)14-9-21-39(34)45(40-22-10-15-29-12-2-6-18-35(29)40)32-25-23-30(24-26-32)41-43-42(46-44-41)38-27-31-13-3-4-16-33(31)36-19-7-8-20-37(36)38/h1-27H. The van der Waals surface area contributed by atoms with Crippen LogP contribution in [-0.2, 0) is 0 Å². The maximum Gasteiger partial charge on any atom is 0.173 e. The van der Waals surface area contributed by atoms with Gasteiger partial charge in [-0.3, -0.25) is 0 Å². The molecule has 0 bridgehead atoms. The zero-order valence-electron chi connectivity index (χ0n) is 24.8. The number of aromatic nitrogens is 2. The molecular formula is C42H27N3S. The Hall–Kier alpha value is -5.84. The lowest BCUT2D eigenvalue weighted by Crippen LogP contribution is -2.11. The Bertz CT molecular complexity index is 2460. The molecule has 9 aromatic rings. The molecule has 0 saturated heterocycles. The van der Waals surface area contributed by atoms with Gasteiger partial charge in [0.05, 0.1) is 11.4 Å². The minimum Gasteiger partial charge on any atom is -0.309 e. The monoisotopic (exact) mass is 605 g/mol. The molecule has 0 aliphatic carbocycles. The molecule has 0 aliphatic rings. The topological polar surface area (TPSA) is 29.0 Å². The summed E-state index contributed by atoms with van der Waals surface area (Å²) in [6.07, 6.45) is 0. The van der Waals surface area contributed by atoms with E-state index in [0.29, 0.717) is 0 Å². The Morgan fingerprint density at radius 2 is 0.957 bits per heavy atom. The second kappa shape index (κ2) is 11.0. The summed E-state index contributed by atoms with van der Waals surface area (Å²) in [7, 11) is 0. The fourth-order valence-corrected chi connectivity index (χ4v) is 7.37. The van der Waals surface area contributed by atoms with Crippen LogP contribution in [0, 0.1) is 0 Å². The SMILES string of the molecule is c1ccc2c(N(c3ccc(-c4nsc(-c5cc6ccccc6c6ccccc56)n4)cc3)c3cccc4ccccc34)cccc2c1. The van der Waals surface area contributed by atoms with Gasteiger partial charge in [-0.05, 0) is 86.3 Å². The van der Waals surface area contributed by atoms with Crippen LogP contribution in [0.2, 0.25) is 0 Å². The number of benzene rings is 8. The van der Waals surface area contributed by atoms with Gasteiger partial charge in [-0.1, -0.05) is 121 Å². The highest BCUT2D eigenvalue weighted by molar-refractivity contribution is 7.09. The van der Waals surface area contributed by atoms with Crippen LogP contribution in [0.4, 0.5) is 17.1 Å². The molecule has 4 heteroatoms. The minimum absolute atomic E-state index is 0.741. The van der Waals surface area contributed by atoms with Gasteiger partial charge in [0.2, 0.25) is 0 Å². The Balaban J connectivity index is 1.15. The number of nitrogens with zero attached hydrogens (tertiary/aromatic N) is 3. The third kappa shape index (κ3) is 4.42. The van der Waals surface area contributed by atoms with Crippen LogP contribution in [0.1, 0.15) is 0 Å². The van der Waals surface area contributed by atoms with Crippen molar-refractivity contribution in [3.63, 3.8) is 0 Å². The van der Waals surface area contributed by atoms with Crippen molar-refractivity contribution in [3.8, 4) is 22.0 Å². The van der Waals surface area contributed by atoms with E-state index >= 15 is 0 Å². The van der Waals surface area contributed by atoms with Crippen LogP contribution in [0.15, 0.2) is 164 Å². The molecule has 0 unspecified atom stereocenters. The first-order valence-corrected chi connectivity index (χ1v) is 16.2. The maximum absolute atomic E-state index is 5.07. The number of fused-ring (bicyclic) bond motifs is 5. The smallest absolute Gasteiger partial charge is 0.173 e. The molecule has 3 nitrogen and oxygen atoms in total. The van der Waals surface area contributed by atoms with Crippen LogP contribution in [0.25, 0.3) is 65.0 Å². The molecule has 0 saturated carbocycles. The number of rotatable bonds is 5. The van der Waals surface area contributed by atoms with Gasteiger partial charge in [0, 0.05) is 27.6 Å². The van der Waals surface area contributed by atoms with Gasteiger partial charge >= 0.3 is 0 Å². The first-order chi connectivity index (χ1) is 22.8. The van der Waals surface area contributed by atoms with E-state index in [9.17, 15) is 0 Å². The molecule has 0 N–H and O–H groups in total. The summed E-state index contributed by atoms with van der Waals surface area (Å²) < 4.78 is 4.84. The van der Waals surface area contributed by atoms with Crippen molar-refractivity contribution in [2.75, 3.05) is 4.90 Å². The summed E-state index contributed by atoms with van der Waals surface area (Å²) in [5, 5.41) is 10.6. The number of anilines is 3. The second-order valence-corrected chi connectivity index (χ2v) is 12.2. The molecule has 8 aromatic carbocycles. The molecule has 0 amide bonds. The largest absolute Gasteiger partial charge is 0.309 e. The zero-order valence-corrected chi connectivity index (χ0v) is 25.7. The Morgan fingerprint density at radius 3 is 1.61 bits per heavy atom. The summed E-state index contributed by atoms with van der Waals surface area (Å²) in [5.74, 6) is 0.741. The van der Waals surface area contributed by atoms with Gasteiger partial charge in [-0.2, -0.15) is 4.37 Å². The van der Waals surface area contributed by atoms with E-state index in [1.54, 1.807) is 0 Å². The quantitative estimate of drug-likeness (QED) is 0.183. The molecule has 216 valence electrons. The highest BCUT2D eigenvalue weighted by Crippen LogP contribution is 2.42. The lowest BCUT2D eigenvalue weighted by Gasteiger charge is -2.28. The molecular weight excluding hydrogens is 579 g/mol. The predicted molar refractivity (Wildman–Crippen MR) is 195 cm³/mol. The van der Waals surface area contributed by atoms with Crippen LogP contribution in [0.3, 0.4) is 0 Å². The molecule has 1 aromatic heterocycles. The molecule has 0 fully saturated rings. The first kappa shape index (κ1) is 26.6. The van der Waals surface area contributed by atoms with Crippen LogP contribution in [0.5, 0.6) is 0 Å². The van der Waals surface area contributed by atoms with Crippen molar-refractivity contribution in [1.29, 1.82) is 0 Å². The molecule has 46 heavy (non-hydrogen) atoms. The second-order valence-electron chi connectivity index (χ2n) is 11.5. The zero-order chi connectivity index (χ0) is 30.5. The molecule has 1 heterocycles. The Morgan fingerprint density at radius 1 is 0.435 bits per heavy atom. The fourth-order valence-electron chi connectivity index (χ4n) is 6.66. The van der Waals surface area contributed by atoms with E-state index in [0.717, 1.165) is 39.0 Å². The van der Waals surface area contributed by atoms with Crippen LogP contribution < -0.4 is 4.90 Å². The van der Waals surface area contributed by atoms with Crippen molar-refractivity contribution in [2.24, 2.45) is 0 Å². The van der Waals surface area contributed by atoms with Crippen molar-refractivity contribution < 1.29 is 0 Å². The average Bonchev–Trinajstić information content (AvgIpc) is 3.62. The Kier molecular flexibility index (Phi) is 6.32. The predicted octanol–water partition coefficient (Wildman–Crippen LogP) is 12.0. The van der Waals surface area contributed by atoms with Crippen molar-refractivity contribution in [1.82, 2.24) is 9.36 Å². The van der Waals surface area contributed by atoms with Crippen molar-refractivity contribution in [2.45, 2.75) is 0 Å². The summed E-state index contributed by atoms with van der Waals surface area (Å²) in [5.41, 5.74) is 5.46. The molecule has 0 aliphatic heterocycles. The maximum atomic E-state index is 5.07. The van der Waals surface area contributed by atoms with Crippen molar-refractivity contribution >= 4 is 71.7 Å². The first-order valence-electron chi connectivity index (χ1n) is 15.4. The van der Waals surface area contributed by atoms with Gasteiger partial charge in [-0.25, -0.2) is 4.98 Å². The van der Waals surface area contributed by atoms with Gasteiger partial charge in [-0.15, -0.1) is 0 Å². The third-order valence-electron chi connectivity index (χ3n) is 8.82. The molecule has 0 spiro atoms. The Labute approximate surface area is 270 Å². The molecule has 9 rings (SSSR count). The summed E-state index contributed by atoms with van der Waals surface area (Å²) in [6, 6.07) is 58.2. The van der Waals surface area contributed by atoms with Crippen LogP contribution >= 0.6 is 11.5 Å². The average molecular weight is 606 g/mol. The van der Waals surface area contributed by atoms with Crippen LogP contribution in [-0.4, -0.2) is 9.36 Å².